The van der Waals surface area contributed by atoms with Gasteiger partial charge in [-0.3, -0.25) is 0 Å². The zero-order valence-corrected chi connectivity index (χ0v) is 12.5. The van der Waals surface area contributed by atoms with Gasteiger partial charge in [0.1, 0.15) is 5.75 Å². The van der Waals surface area contributed by atoms with Crippen molar-refractivity contribution in [2.24, 2.45) is 5.92 Å². The molecule has 1 aromatic carbocycles. The smallest absolute Gasteiger partial charge is 0.142 e. The summed E-state index contributed by atoms with van der Waals surface area (Å²) < 4.78 is 5.75. The molecular weight excluding hydrogens is 234 g/mol. The lowest BCUT2D eigenvalue weighted by Gasteiger charge is -2.30. The van der Waals surface area contributed by atoms with Crippen molar-refractivity contribution in [3.8, 4) is 5.75 Å². The third kappa shape index (κ3) is 3.89. The third-order valence-electron chi connectivity index (χ3n) is 4.16. The number of anilines is 1. The molecule has 106 valence electrons. The summed E-state index contributed by atoms with van der Waals surface area (Å²) in [6, 6.07) is 7.06. The van der Waals surface area contributed by atoms with Crippen molar-refractivity contribution in [1.82, 2.24) is 0 Å². The van der Waals surface area contributed by atoms with E-state index in [9.17, 15) is 0 Å². The first-order valence-corrected chi connectivity index (χ1v) is 7.72. The van der Waals surface area contributed by atoms with Gasteiger partial charge in [-0.2, -0.15) is 0 Å². The molecule has 1 saturated carbocycles. The predicted molar refractivity (Wildman–Crippen MR) is 82.0 cm³/mol. The molecule has 2 atom stereocenters. The van der Waals surface area contributed by atoms with Gasteiger partial charge >= 0.3 is 0 Å². The number of aryl methyl sites for hydroxylation is 1. The lowest BCUT2D eigenvalue weighted by molar-refractivity contribution is 0.323. The summed E-state index contributed by atoms with van der Waals surface area (Å²) in [6.07, 6.45) is 6.66. The molecule has 0 bridgehead atoms. The maximum absolute atomic E-state index is 5.75. The van der Waals surface area contributed by atoms with E-state index in [4.69, 9.17) is 4.74 Å². The molecule has 1 N–H and O–H groups in total. The summed E-state index contributed by atoms with van der Waals surface area (Å²) >= 11 is 0. The highest BCUT2D eigenvalue weighted by atomic mass is 16.5. The molecule has 1 aliphatic carbocycles. The van der Waals surface area contributed by atoms with E-state index in [1.807, 2.05) is 6.92 Å². The topological polar surface area (TPSA) is 21.3 Å². The molecule has 2 heteroatoms. The standard InChI is InChI=1S/C17H27NO/c1-4-14-7-6-8-15(12-14)18-16-10-9-13(3)11-17(16)19-5-2/h9-11,14-15,18H,4-8,12H2,1-3H3. The van der Waals surface area contributed by atoms with Crippen molar-refractivity contribution in [3.05, 3.63) is 23.8 Å². The van der Waals surface area contributed by atoms with Crippen molar-refractivity contribution in [2.75, 3.05) is 11.9 Å². The lowest BCUT2D eigenvalue weighted by atomic mass is 9.84. The fourth-order valence-corrected chi connectivity index (χ4v) is 3.04. The number of ether oxygens (including phenoxy) is 1. The number of rotatable bonds is 5. The van der Waals surface area contributed by atoms with E-state index in [1.165, 1.54) is 37.7 Å². The van der Waals surface area contributed by atoms with Gasteiger partial charge < -0.3 is 10.1 Å². The average Bonchev–Trinajstić information content (AvgIpc) is 2.42. The van der Waals surface area contributed by atoms with E-state index in [0.717, 1.165) is 24.0 Å². The van der Waals surface area contributed by atoms with Gasteiger partial charge in [0.15, 0.2) is 0 Å². The van der Waals surface area contributed by atoms with E-state index in [1.54, 1.807) is 0 Å². The molecule has 1 aliphatic rings. The maximum Gasteiger partial charge on any atom is 0.142 e. The fourth-order valence-electron chi connectivity index (χ4n) is 3.04. The van der Waals surface area contributed by atoms with Gasteiger partial charge in [0.25, 0.3) is 0 Å². The van der Waals surface area contributed by atoms with E-state index < -0.39 is 0 Å². The van der Waals surface area contributed by atoms with Crippen LogP contribution >= 0.6 is 0 Å². The van der Waals surface area contributed by atoms with Crippen molar-refractivity contribution >= 4 is 5.69 Å². The minimum absolute atomic E-state index is 0.612. The number of hydrogen-bond donors (Lipinski definition) is 1. The Morgan fingerprint density at radius 1 is 1.26 bits per heavy atom. The molecule has 2 nitrogen and oxygen atoms in total. The Morgan fingerprint density at radius 2 is 2.11 bits per heavy atom. The Hall–Kier alpha value is -1.18. The number of nitrogens with one attached hydrogen (secondary N) is 1. The largest absolute Gasteiger partial charge is 0.492 e. The van der Waals surface area contributed by atoms with Gasteiger partial charge in [0, 0.05) is 6.04 Å². The van der Waals surface area contributed by atoms with Crippen LogP contribution in [0.3, 0.4) is 0 Å². The SMILES string of the molecule is CCOc1cc(C)ccc1NC1CCCC(CC)C1. The Bertz CT molecular complexity index is 402. The lowest BCUT2D eigenvalue weighted by Crippen LogP contribution is -2.27. The van der Waals surface area contributed by atoms with Crippen LogP contribution in [0.1, 0.15) is 51.5 Å². The van der Waals surface area contributed by atoms with Crippen molar-refractivity contribution in [3.63, 3.8) is 0 Å². The second-order valence-corrected chi connectivity index (χ2v) is 5.71. The fraction of sp³-hybridized carbons (Fsp3) is 0.647. The van der Waals surface area contributed by atoms with Gasteiger partial charge in [-0.1, -0.05) is 32.3 Å². The van der Waals surface area contributed by atoms with Crippen LogP contribution in [0.2, 0.25) is 0 Å². The van der Waals surface area contributed by atoms with Gasteiger partial charge in [0.05, 0.1) is 12.3 Å². The summed E-state index contributed by atoms with van der Waals surface area (Å²) in [5.74, 6) is 1.90. The Balaban J connectivity index is 2.05. The van der Waals surface area contributed by atoms with Gasteiger partial charge in [-0.15, -0.1) is 0 Å². The van der Waals surface area contributed by atoms with Gasteiger partial charge in [0.2, 0.25) is 0 Å². The molecule has 0 radical (unpaired) electrons. The van der Waals surface area contributed by atoms with Crippen molar-refractivity contribution in [2.45, 2.75) is 58.9 Å². The summed E-state index contributed by atoms with van der Waals surface area (Å²) in [5, 5.41) is 3.70. The minimum Gasteiger partial charge on any atom is -0.492 e. The maximum atomic E-state index is 5.75. The second-order valence-electron chi connectivity index (χ2n) is 5.71. The van der Waals surface area contributed by atoms with Crippen LogP contribution in [0, 0.1) is 12.8 Å². The molecule has 2 unspecified atom stereocenters. The molecule has 0 spiro atoms. The summed E-state index contributed by atoms with van der Waals surface area (Å²) in [4.78, 5) is 0. The second kappa shape index (κ2) is 6.83. The molecular formula is C17H27NO. The van der Waals surface area contributed by atoms with Gasteiger partial charge in [-0.05, 0) is 50.3 Å². The number of hydrogen-bond acceptors (Lipinski definition) is 2. The molecule has 0 aliphatic heterocycles. The van der Waals surface area contributed by atoms with Crippen LogP contribution in [-0.2, 0) is 0 Å². The highest BCUT2D eigenvalue weighted by Crippen LogP contribution is 2.32. The minimum atomic E-state index is 0.612. The first-order valence-electron chi connectivity index (χ1n) is 7.72. The van der Waals surface area contributed by atoms with E-state index >= 15 is 0 Å². The molecule has 2 rings (SSSR count). The van der Waals surface area contributed by atoms with Crippen LogP contribution in [0.4, 0.5) is 5.69 Å². The molecule has 0 saturated heterocycles. The Kier molecular flexibility index (Phi) is 5.12. The molecule has 1 fully saturated rings. The van der Waals surface area contributed by atoms with E-state index in [-0.39, 0.29) is 0 Å². The van der Waals surface area contributed by atoms with Crippen LogP contribution in [0.25, 0.3) is 0 Å². The van der Waals surface area contributed by atoms with Gasteiger partial charge in [-0.25, -0.2) is 0 Å². The zero-order valence-electron chi connectivity index (χ0n) is 12.5. The quantitative estimate of drug-likeness (QED) is 0.824. The summed E-state index contributed by atoms with van der Waals surface area (Å²) in [6.45, 7) is 7.19. The highest BCUT2D eigenvalue weighted by molar-refractivity contribution is 5.58. The summed E-state index contributed by atoms with van der Waals surface area (Å²) in [7, 11) is 0. The van der Waals surface area contributed by atoms with Crippen LogP contribution in [0.15, 0.2) is 18.2 Å². The van der Waals surface area contributed by atoms with Crippen LogP contribution in [-0.4, -0.2) is 12.6 Å². The molecule has 0 heterocycles. The van der Waals surface area contributed by atoms with Crippen LogP contribution in [0.5, 0.6) is 5.75 Å². The predicted octanol–water partition coefficient (Wildman–Crippen LogP) is 4.77. The Morgan fingerprint density at radius 3 is 2.84 bits per heavy atom. The van der Waals surface area contributed by atoms with Crippen LogP contribution < -0.4 is 10.1 Å². The monoisotopic (exact) mass is 261 g/mol. The van der Waals surface area contributed by atoms with E-state index in [0.29, 0.717) is 6.04 Å². The number of benzene rings is 1. The van der Waals surface area contributed by atoms with E-state index in [2.05, 4.69) is 37.4 Å². The normalized spacial score (nSPS) is 23.1. The molecule has 1 aromatic rings. The Labute approximate surface area is 117 Å². The summed E-state index contributed by atoms with van der Waals surface area (Å²) in [5.41, 5.74) is 2.42. The highest BCUT2D eigenvalue weighted by Gasteiger charge is 2.21. The van der Waals surface area contributed by atoms with Crippen molar-refractivity contribution in [1.29, 1.82) is 0 Å². The molecule has 19 heavy (non-hydrogen) atoms. The zero-order chi connectivity index (χ0) is 13.7. The van der Waals surface area contributed by atoms with Crippen molar-refractivity contribution < 1.29 is 4.74 Å². The molecule has 0 aromatic heterocycles. The first kappa shape index (κ1) is 14.2. The molecule has 0 amide bonds. The first-order chi connectivity index (χ1) is 9.22. The average molecular weight is 261 g/mol. The third-order valence-corrected chi connectivity index (χ3v) is 4.16.